The zero-order chi connectivity index (χ0) is 19.8. The maximum absolute atomic E-state index is 12.3. The van der Waals surface area contributed by atoms with Crippen molar-refractivity contribution in [1.29, 1.82) is 0 Å². The summed E-state index contributed by atoms with van der Waals surface area (Å²) in [5.41, 5.74) is 2.87. The van der Waals surface area contributed by atoms with E-state index in [0.29, 0.717) is 0 Å². The highest BCUT2D eigenvalue weighted by atomic mass is 32.1. The van der Waals surface area contributed by atoms with Crippen molar-refractivity contribution >= 4 is 29.0 Å². The van der Waals surface area contributed by atoms with E-state index in [0.717, 1.165) is 11.1 Å². The van der Waals surface area contributed by atoms with Gasteiger partial charge in [0.2, 0.25) is 12.3 Å². The van der Waals surface area contributed by atoms with Crippen molar-refractivity contribution < 1.29 is 24.3 Å². The van der Waals surface area contributed by atoms with Gasteiger partial charge in [0.05, 0.1) is 5.51 Å². The average molecular weight is 396 g/mol. The van der Waals surface area contributed by atoms with Gasteiger partial charge in [-0.3, -0.25) is 0 Å². The number of rotatable bonds is 8. The maximum atomic E-state index is 12.3. The van der Waals surface area contributed by atoms with Crippen molar-refractivity contribution in [2.24, 2.45) is 5.16 Å². The molecule has 3 rings (SSSR count). The van der Waals surface area contributed by atoms with Gasteiger partial charge in [-0.15, -0.1) is 11.3 Å². The molecule has 0 aliphatic heterocycles. The van der Waals surface area contributed by atoms with E-state index in [-0.39, 0.29) is 11.4 Å². The molecule has 0 saturated heterocycles. The van der Waals surface area contributed by atoms with Crippen molar-refractivity contribution in [1.82, 2.24) is 4.98 Å². The van der Waals surface area contributed by atoms with Gasteiger partial charge < -0.3 is 14.7 Å². The second kappa shape index (κ2) is 9.43. The molecule has 1 N–H and O–H groups in total. The number of ether oxygens (including phenoxy) is 1. The van der Waals surface area contributed by atoms with Gasteiger partial charge in [0.15, 0.2) is 6.10 Å². The third kappa shape index (κ3) is 5.01. The minimum absolute atomic E-state index is 0.164. The van der Waals surface area contributed by atoms with E-state index in [4.69, 9.17) is 9.57 Å². The maximum Gasteiger partial charge on any atom is 0.360 e. The quantitative estimate of drug-likeness (QED) is 0.356. The van der Waals surface area contributed by atoms with Crippen LogP contribution in [0, 0.1) is 0 Å². The number of carbonyl (C=O) groups excluding carboxylic acids is 1. The van der Waals surface area contributed by atoms with Crippen LogP contribution in [0.3, 0.4) is 0 Å². The third-order valence-corrected chi connectivity index (χ3v) is 4.26. The van der Waals surface area contributed by atoms with Gasteiger partial charge in [0, 0.05) is 5.38 Å². The van der Waals surface area contributed by atoms with Crippen LogP contribution in [-0.2, 0) is 19.2 Å². The lowest BCUT2D eigenvalue weighted by Crippen LogP contribution is -2.19. The van der Waals surface area contributed by atoms with Gasteiger partial charge in [0.1, 0.15) is 5.69 Å². The van der Waals surface area contributed by atoms with Crippen LogP contribution in [0.5, 0.6) is 0 Å². The Morgan fingerprint density at radius 2 is 1.64 bits per heavy atom. The van der Waals surface area contributed by atoms with E-state index in [1.54, 1.807) is 0 Å². The average Bonchev–Trinajstić information content (AvgIpc) is 3.25. The van der Waals surface area contributed by atoms with Crippen molar-refractivity contribution in [3.8, 4) is 0 Å². The van der Waals surface area contributed by atoms with E-state index in [2.05, 4.69) is 10.1 Å². The van der Waals surface area contributed by atoms with Gasteiger partial charge in [-0.1, -0.05) is 65.8 Å². The first-order valence-corrected chi connectivity index (χ1v) is 9.20. The number of nitrogens with zero attached hydrogens (tertiary/aromatic N) is 2. The van der Waals surface area contributed by atoms with Crippen LogP contribution in [0.1, 0.15) is 22.9 Å². The highest BCUT2D eigenvalue weighted by Gasteiger charge is 2.20. The Morgan fingerprint density at radius 1 is 1.04 bits per heavy atom. The number of carbonyl (C=O) groups is 2. The standard InChI is InChI=1S/C20H16N2O5S/c23-17(11-26-22-18(20(24)25)16-12-28-13-21-16)27-19(14-7-3-1-4-8-14)15-9-5-2-6-10-15/h1-10,12-13,19H,11H2,(H,24,25)/b22-18+. The van der Waals surface area contributed by atoms with Crippen molar-refractivity contribution in [3.63, 3.8) is 0 Å². The third-order valence-electron chi connectivity index (χ3n) is 3.67. The monoisotopic (exact) mass is 396 g/mol. The van der Waals surface area contributed by atoms with Crippen LogP contribution in [0.25, 0.3) is 0 Å². The first kappa shape index (κ1) is 19.2. The zero-order valence-electron chi connectivity index (χ0n) is 14.6. The summed E-state index contributed by atoms with van der Waals surface area (Å²) in [6.07, 6.45) is -0.611. The summed E-state index contributed by atoms with van der Waals surface area (Å²) in [5, 5.41) is 14.2. The molecule has 28 heavy (non-hydrogen) atoms. The van der Waals surface area contributed by atoms with Crippen LogP contribution < -0.4 is 0 Å². The van der Waals surface area contributed by atoms with Crippen molar-refractivity contribution in [2.45, 2.75) is 6.10 Å². The van der Waals surface area contributed by atoms with Crippen LogP contribution in [0.15, 0.2) is 76.7 Å². The molecule has 1 heterocycles. The minimum Gasteiger partial charge on any atom is -0.476 e. The first-order valence-electron chi connectivity index (χ1n) is 8.26. The van der Waals surface area contributed by atoms with Gasteiger partial charge >= 0.3 is 11.9 Å². The summed E-state index contributed by atoms with van der Waals surface area (Å²) in [4.78, 5) is 32.3. The van der Waals surface area contributed by atoms with E-state index in [9.17, 15) is 14.7 Å². The molecule has 3 aromatic rings. The van der Waals surface area contributed by atoms with Gasteiger partial charge in [-0.25, -0.2) is 14.6 Å². The normalized spacial score (nSPS) is 11.2. The molecule has 0 bridgehead atoms. The second-order valence-corrected chi connectivity index (χ2v) is 6.30. The zero-order valence-corrected chi connectivity index (χ0v) is 15.4. The fourth-order valence-electron chi connectivity index (χ4n) is 2.42. The topological polar surface area (TPSA) is 98.1 Å². The Labute approximate surface area is 164 Å². The molecule has 0 atom stereocenters. The summed E-state index contributed by atoms with van der Waals surface area (Å²) in [6, 6.07) is 18.6. The SMILES string of the molecule is O=C(CO/N=C(/C(=O)O)c1cscn1)OC(c1ccccc1)c1ccccc1. The molecule has 0 aliphatic carbocycles. The highest BCUT2D eigenvalue weighted by Crippen LogP contribution is 2.25. The number of hydrogen-bond donors (Lipinski definition) is 1. The molecule has 0 fully saturated rings. The minimum atomic E-state index is -1.30. The lowest BCUT2D eigenvalue weighted by atomic mass is 10.0. The summed E-state index contributed by atoms with van der Waals surface area (Å²) in [5.74, 6) is -1.98. The molecule has 0 aliphatic rings. The Hall–Kier alpha value is -3.52. The molecule has 0 unspecified atom stereocenters. The molecule has 0 saturated carbocycles. The lowest BCUT2D eigenvalue weighted by Gasteiger charge is -2.18. The Morgan fingerprint density at radius 3 is 2.14 bits per heavy atom. The second-order valence-electron chi connectivity index (χ2n) is 5.58. The number of thiazole rings is 1. The van der Waals surface area contributed by atoms with Crippen LogP contribution >= 0.6 is 11.3 Å². The number of aliphatic carboxylic acids is 1. The number of benzene rings is 2. The number of hydrogen-bond acceptors (Lipinski definition) is 7. The van der Waals surface area contributed by atoms with Crippen molar-refractivity contribution in [3.05, 3.63) is 88.4 Å². The first-order chi connectivity index (χ1) is 13.6. The van der Waals surface area contributed by atoms with Crippen LogP contribution in [0.4, 0.5) is 0 Å². The van der Waals surface area contributed by atoms with Crippen LogP contribution in [-0.4, -0.2) is 34.3 Å². The number of carboxylic acids is 1. The van der Waals surface area contributed by atoms with E-state index < -0.39 is 24.6 Å². The molecule has 142 valence electrons. The molecular weight excluding hydrogens is 380 g/mol. The Kier molecular flexibility index (Phi) is 6.48. The smallest absolute Gasteiger partial charge is 0.360 e. The van der Waals surface area contributed by atoms with E-state index in [1.165, 1.54) is 22.2 Å². The van der Waals surface area contributed by atoms with Gasteiger partial charge in [-0.2, -0.15) is 0 Å². The summed E-state index contributed by atoms with van der Waals surface area (Å²) in [6.45, 7) is -0.531. The molecule has 7 nitrogen and oxygen atoms in total. The predicted octanol–water partition coefficient (Wildman–Crippen LogP) is 3.28. The summed E-state index contributed by atoms with van der Waals surface area (Å²) < 4.78 is 5.56. The largest absolute Gasteiger partial charge is 0.476 e. The number of esters is 1. The molecule has 2 aromatic carbocycles. The molecular formula is C20H16N2O5S. The van der Waals surface area contributed by atoms with Gasteiger partial charge in [-0.05, 0) is 11.1 Å². The van der Waals surface area contributed by atoms with Crippen LogP contribution in [0.2, 0.25) is 0 Å². The molecule has 8 heteroatoms. The van der Waals surface area contributed by atoms with E-state index >= 15 is 0 Å². The Bertz CT molecular complexity index is 904. The fraction of sp³-hybridized carbons (Fsp3) is 0.100. The fourth-order valence-corrected chi connectivity index (χ4v) is 2.96. The molecule has 1 aromatic heterocycles. The lowest BCUT2D eigenvalue weighted by molar-refractivity contribution is -0.153. The molecule has 0 amide bonds. The van der Waals surface area contributed by atoms with Gasteiger partial charge in [0.25, 0.3) is 0 Å². The summed E-state index contributed by atoms with van der Waals surface area (Å²) in [7, 11) is 0. The number of aromatic nitrogens is 1. The Balaban J connectivity index is 1.69. The molecule has 0 radical (unpaired) electrons. The molecule has 0 spiro atoms. The van der Waals surface area contributed by atoms with Crippen molar-refractivity contribution in [2.75, 3.05) is 6.61 Å². The number of carboxylic acid groups (broad SMARTS) is 1. The predicted molar refractivity (Wildman–Crippen MR) is 103 cm³/mol. The number of oxime groups is 1. The summed E-state index contributed by atoms with van der Waals surface area (Å²) >= 11 is 1.23. The highest BCUT2D eigenvalue weighted by molar-refractivity contribution is 7.07. The van der Waals surface area contributed by atoms with E-state index in [1.807, 2.05) is 60.7 Å².